The van der Waals surface area contributed by atoms with Gasteiger partial charge in [-0.3, -0.25) is 4.79 Å². The third kappa shape index (κ3) is 3.69. The second kappa shape index (κ2) is 5.69. The normalized spacial score (nSPS) is 12.4. The summed E-state index contributed by atoms with van der Waals surface area (Å²) in [5.41, 5.74) is 9.05. The van der Waals surface area contributed by atoms with Crippen molar-refractivity contribution in [3.05, 3.63) is 34.9 Å². The van der Waals surface area contributed by atoms with Gasteiger partial charge in [-0.05, 0) is 31.7 Å². The molecule has 0 saturated heterocycles. The van der Waals surface area contributed by atoms with Gasteiger partial charge in [0.15, 0.2) is 0 Å². The first-order valence-corrected chi connectivity index (χ1v) is 5.89. The van der Waals surface area contributed by atoms with Crippen LogP contribution in [0.25, 0.3) is 0 Å². The van der Waals surface area contributed by atoms with Gasteiger partial charge in [0.05, 0.1) is 0 Å². The van der Waals surface area contributed by atoms with Crippen molar-refractivity contribution in [1.82, 2.24) is 0 Å². The summed E-state index contributed by atoms with van der Waals surface area (Å²) >= 11 is 0. The minimum absolute atomic E-state index is 0.211. The quantitative estimate of drug-likeness (QED) is 0.812. The standard InChI is InChI=1S/C14H21NO/c1-4-5-12(9-14(15)16)13-7-10(2)6-11(3)8-13/h6-8,12H,4-5,9H2,1-3H3,(H2,15,16). The third-order valence-corrected chi connectivity index (χ3v) is 2.80. The van der Waals surface area contributed by atoms with Crippen LogP contribution in [0, 0.1) is 13.8 Å². The van der Waals surface area contributed by atoms with Crippen LogP contribution < -0.4 is 5.73 Å². The lowest BCUT2D eigenvalue weighted by Crippen LogP contribution is -2.15. The number of carbonyl (C=O) groups excluding carboxylic acids is 1. The van der Waals surface area contributed by atoms with Gasteiger partial charge in [0, 0.05) is 6.42 Å². The van der Waals surface area contributed by atoms with Crippen LogP contribution in [0.4, 0.5) is 0 Å². The van der Waals surface area contributed by atoms with Gasteiger partial charge in [0.2, 0.25) is 5.91 Å². The average molecular weight is 219 g/mol. The molecular formula is C14H21NO. The Hall–Kier alpha value is -1.31. The van der Waals surface area contributed by atoms with Gasteiger partial charge in [-0.1, -0.05) is 42.7 Å². The Labute approximate surface area is 97.9 Å². The lowest BCUT2D eigenvalue weighted by Gasteiger charge is -2.16. The van der Waals surface area contributed by atoms with Gasteiger partial charge >= 0.3 is 0 Å². The molecule has 0 radical (unpaired) electrons. The summed E-state index contributed by atoms with van der Waals surface area (Å²) in [5.74, 6) is 0.0682. The van der Waals surface area contributed by atoms with E-state index in [1.54, 1.807) is 0 Å². The number of nitrogens with two attached hydrogens (primary N) is 1. The Morgan fingerprint density at radius 2 is 1.81 bits per heavy atom. The Kier molecular flexibility index (Phi) is 4.53. The van der Waals surface area contributed by atoms with Crippen molar-refractivity contribution in [2.45, 2.75) is 46.0 Å². The van der Waals surface area contributed by atoms with Crippen LogP contribution in [0.1, 0.15) is 48.8 Å². The molecule has 16 heavy (non-hydrogen) atoms. The molecule has 1 atom stereocenters. The number of carbonyl (C=O) groups is 1. The lowest BCUT2D eigenvalue weighted by atomic mass is 9.89. The predicted octanol–water partition coefficient (Wildman–Crippen LogP) is 3.06. The third-order valence-electron chi connectivity index (χ3n) is 2.80. The summed E-state index contributed by atoms with van der Waals surface area (Å²) in [6.07, 6.45) is 2.55. The summed E-state index contributed by atoms with van der Waals surface area (Å²) in [4.78, 5) is 11.0. The molecule has 0 aliphatic heterocycles. The average Bonchev–Trinajstić information content (AvgIpc) is 2.14. The maximum Gasteiger partial charge on any atom is 0.218 e. The number of primary amides is 1. The molecule has 0 saturated carbocycles. The minimum atomic E-state index is -0.211. The molecule has 1 rings (SSSR count). The molecular weight excluding hydrogens is 198 g/mol. The summed E-state index contributed by atoms with van der Waals surface area (Å²) in [6, 6.07) is 6.48. The van der Waals surface area contributed by atoms with E-state index in [4.69, 9.17) is 5.73 Å². The first kappa shape index (κ1) is 12.8. The van der Waals surface area contributed by atoms with Gasteiger partial charge in [-0.15, -0.1) is 0 Å². The first-order valence-electron chi connectivity index (χ1n) is 5.89. The predicted molar refractivity (Wildman–Crippen MR) is 67.4 cm³/mol. The van der Waals surface area contributed by atoms with Crippen molar-refractivity contribution in [2.75, 3.05) is 0 Å². The molecule has 0 bridgehead atoms. The van der Waals surface area contributed by atoms with Crippen LogP contribution in [0.3, 0.4) is 0 Å². The van der Waals surface area contributed by atoms with Crippen LogP contribution in [-0.2, 0) is 4.79 Å². The van der Waals surface area contributed by atoms with E-state index in [0.29, 0.717) is 6.42 Å². The minimum Gasteiger partial charge on any atom is -0.370 e. The van der Waals surface area contributed by atoms with E-state index >= 15 is 0 Å². The Balaban J connectivity index is 2.95. The summed E-state index contributed by atoms with van der Waals surface area (Å²) in [6.45, 7) is 6.31. The number of aryl methyl sites for hydroxylation is 2. The highest BCUT2D eigenvalue weighted by Crippen LogP contribution is 2.26. The molecule has 1 aromatic rings. The number of benzene rings is 1. The molecule has 0 fully saturated rings. The second-order valence-electron chi connectivity index (χ2n) is 4.58. The van der Waals surface area contributed by atoms with Crippen molar-refractivity contribution in [1.29, 1.82) is 0 Å². The Morgan fingerprint density at radius 3 is 2.25 bits per heavy atom. The molecule has 1 unspecified atom stereocenters. The highest BCUT2D eigenvalue weighted by atomic mass is 16.1. The zero-order valence-corrected chi connectivity index (χ0v) is 10.4. The van der Waals surface area contributed by atoms with Crippen LogP contribution >= 0.6 is 0 Å². The number of rotatable bonds is 5. The van der Waals surface area contributed by atoms with Gasteiger partial charge in [0.25, 0.3) is 0 Å². The SMILES string of the molecule is CCCC(CC(N)=O)c1cc(C)cc(C)c1. The van der Waals surface area contributed by atoms with E-state index in [-0.39, 0.29) is 11.8 Å². The number of hydrogen-bond acceptors (Lipinski definition) is 1. The van der Waals surface area contributed by atoms with E-state index in [2.05, 4.69) is 39.0 Å². The zero-order chi connectivity index (χ0) is 12.1. The fourth-order valence-electron chi connectivity index (χ4n) is 2.22. The van der Waals surface area contributed by atoms with Crippen LogP contribution in [0.2, 0.25) is 0 Å². The maximum absolute atomic E-state index is 11.0. The number of amides is 1. The van der Waals surface area contributed by atoms with Gasteiger partial charge in [-0.2, -0.15) is 0 Å². The molecule has 2 nitrogen and oxygen atoms in total. The van der Waals surface area contributed by atoms with Crippen LogP contribution in [-0.4, -0.2) is 5.91 Å². The van der Waals surface area contributed by atoms with E-state index in [9.17, 15) is 4.79 Å². The molecule has 88 valence electrons. The van der Waals surface area contributed by atoms with E-state index in [1.165, 1.54) is 16.7 Å². The molecule has 0 aromatic heterocycles. The molecule has 2 heteroatoms. The van der Waals surface area contributed by atoms with Gasteiger partial charge in [-0.25, -0.2) is 0 Å². The molecule has 2 N–H and O–H groups in total. The van der Waals surface area contributed by atoms with E-state index in [1.807, 2.05) is 0 Å². The van der Waals surface area contributed by atoms with Crippen molar-refractivity contribution >= 4 is 5.91 Å². The van der Waals surface area contributed by atoms with Crippen molar-refractivity contribution in [3.8, 4) is 0 Å². The summed E-state index contributed by atoms with van der Waals surface area (Å²) < 4.78 is 0. The number of hydrogen-bond donors (Lipinski definition) is 1. The smallest absolute Gasteiger partial charge is 0.218 e. The van der Waals surface area contributed by atoms with Crippen LogP contribution in [0.5, 0.6) is 0 Å². The molecule has 1 amide bonds. The largest absolute Gasteiger partial charge is 0.370 e. The van der Waals surface area contributed by atoms with E-state index < -0.39 is 0 Å². The molecule has 1 aromatic carbocycles. The lowest BCUT2D eigenvalue weighted by molar-refractivity contribution is -0.118. The molecule has 0 heterocycles. The second-order valence-corrected chi connectivity index (χ2v) is 4.58. The Morgan fingerprint density at radius 1 is 1.25 bits per heavy atom. The summed E-state index contributed by atoms with van der Waals surface area (Å²) in [7, 11) is 0. The molecule has 0 aliphatic carbocycles. The molecule has 0 spiro atoms. The van der Waals surface area contributed by atoms with E-state index in [0.717, 1.165) is 12.8 Å². The van der Waals surface area contributed by atoms with Crippen molar-refractivity contribution in [3.63, 3.8) is 0 Å². The van der Waals surface area contributed by atoms with Crippen molar-refractivity contribution in [2.24, 2.45) is 5.73 Å². The van der Waals surface area contributed by atoms with Crippen molar-refractivity contribution < 1.29 is 4.79 Å². The fourth-order valence-corrected chi connectivity index (χ4v) is 2.22. The fraction of sp³-hybridized carbons (Fsp3) is 0.500. The molecule has 0 aliphatic rings. The zero-order valence-electron chi connectivity index (χ0n) is 10.4. The van der Waals surface area contributed by atoms with Gasteiger partial charge < -0.3 is 5.73 Å². The first-order chi connectivity index (χ1) is 7.52. The Bertz CT molecular complexity index is 351. The monoisotopic (exact) mass is 219 g/mol. The van der Waals surface area contributed by atoms with Gasteiger partial charge in [0.1, 0.15) is 0 Å². The topological polar surface area (TPSA) is 43.1 Å². The summed E-state index contributed by atoms with van der Waals surface area (Å²) in [5, 5.41) is 0. The highest BCUT2D eigenvalue weighted by molar-refractivity contribution is 5.74. The maximum atomic E-state index is 11.0. The highest BCUT2D eigenvalue weighted by Gasteiger charge is 2.14. The van der Waals surface area contributed by atoms with Crippen LogP contribution in [0.15, 0.2) is 18.2 Å².